The van der Waals surface area contributed by atoms with Crippen LogP contribution in [0.2, 0.25) is 15.1 Å². The molecule has 0 aliphatic carbocycles. The molecule has 3 aromatic rings. The van der Waals surface area contributed by atoms with Gasteiger partial charge in [-0.3, -0.25) is 4.79 Å². The minimum absolute atomic E-state index is 0.00954. The Balaban J connectivity index is 1.86. The van der Waals surface area contributed by atoms with E-state index in [1.165, 1.54) is 18.2 Å². The van der Waals surface area contributed by atoms with E-state index in [-0.39, 0.29) is 27.4 Å². The number of amides is 1. The Morgan fingerprint density at radius 3 is 2.19 bits per heavy atom. The van der Waals surface area contributed by atoms with Crippen molar-refractivity contribution in [3.8, 4) is 0 Å². The minimum atomic E-state index is -4.13. The minimum Gasteiger partial charge on any atom is -0.348 e. The standard InChI is InChI=1S/C23H21Cl3N2O3S/c1-15(17-7-9-18(24)10-8-17)27-23(29)21(13-16-5-3-2-4-6-16)28-32(30,31)22-14-19(25)11-12-20(22)26/h2-12,14-15,21,28H,13H2,1H3,(H,27,29)/t15-,21-/m1/s1. The molecule has 32 heavy (non-hydrogen) atoms. The van der Waals surface area contributed by atoms with Crippen LogP contribution in [0.1, 0.15) is 24.1 Å². The van der Waals surface area contributed by atoms with Gasteiger partial charge in [0.05, 0.1) is 11.1 Å². The Bertz CT molecular complexity index is 1190. The lowest BCUT2D eigenvalue weighted by molar-refractivity contribution is -0.123. The molecule has 0 bridgehead atoms. The highest BCUT2D eigenvalue weighted by molar-refractivity contribution is 7.89. The van der Waals surface area contributed by atoms with Gasteiger partial charge >= 0.3 is 0 Å². The van der Waals surface area contributed by atoms with Crippen LogP contribution in [0.5, 0.6) is 0 Å². The number of rotatable bonds is 8. The first-order valence-corrected chi connectivity index (χ1v) is 12.3. The lowest BCUT2D eigenvalue weighted by Crippen LogP contribution is -2.48. The summed E-state index contributed by atoms with van der Waals surface area (Å²) in [5, 5.41) is 3.68. The van der Waals surface area contributed by atoms with Crippen molar-refractivity contribution in [3.63, 3.8) is 0 Å². The van der Waals surface area contributed by atoms with Crippen LogP contribution in [0.3, 0.4) is 0 Å². The summed E-state index contributed by atoms with van der Waals surface area (Å²) in [5.74, 6) is -0.474. The second-order valence-electron chi connectivity index (χ2n) is 7.22. The Morgan fingerprint density at radius 1 is 0.906 bits per heavy atom. The molecule has 0 radical (unpaired) electrons. The molecule has 0 saturated heterocycles. The van der Waals surface area contributed by atoms with E-state index in [4.69, 9.17) is 34.8 Å². The fourth-order valence-corrected chi connectivity index (χ4v) is 5.20. The van der Waals surface area contributed by atoms with E-state index in [1.807, 2.05) is 37.3 Å². The van der Waals surface area contributed by atoms with Crippen molar-refractivity contribution in [2.24, 2.45) is 0 Å². The first-order chi connectivity index (χ1) is 15.2. The molecule has 0 saturated carbocycles. The highest BCUT2D eigenvalue weighted by atomic mass is 35.5. The number of hydrogen-bond donors (Lipinski definition) is 2. The fourth-order valence-electron chi connectivity index (χ4n) is 3.12. The predicted octanol–water partition coefficient (Wildman–Crippen LogP) is 5.41. The first kappa shape index (κ1) is 24.6. The van der Waals surface area contributed by atoms with Gasteiger partial charge in [0.15, 0.2) is 0 Å². The van der Waals surface area contributed by atoms with Crippen LogP contribution in [0.15, 0.2) is 77.7 Å². The van der Waals surface area contributed by atoms with Crippen LogP contribution in [0.25, 0.3) is 0 Å². The van der Waals surface area contributed by atoms with Gasteiger partial charge in [-0.2, -0.15) is 4.72 Å². The molecular weight excluding hydrogens is 491 g/mol. The number of halogens is 3. The molecule has 3 rings (SSSR count). The highest BCUT2D eigenvalue weighted by Crippen LogP contribution is 2.25. The van der Waals surface area contributed by atoms with Gasteiger partial charge in [0.1, 0.15) is 10.9 Å². The molecule has 0 aliphatic rings. The van der Waals surface area contributed by atoms with Crippen molar-refractivity contribution in [1.29, 1.82) is 0 Å². The van der Waals surface area contributed by atoms with Crippen molar-refractivity contribution < 1.29 is 13.2 Å². The summed E-state index contributed by atoms with van der Waals surface area (Å²) in [6, 6.07) is 18.9. The Labute approximate surface area is 202 Å². The summed E-state index contributed by atoms with van der Waals surface area (Å²) in [4.78, 5) is 12.9. The third kappa shape index (κ3) is 6.47. The summed E-state index contributed by atoms with van der Waals surface area (Å²) in [6.45, 7) is 1.81. The number of nitrogens with one attached hydrogen (secondary N) is 2. The van der Waals surface area contributed by atoms with Gasteiger partial charge in [0.2, 0.25) is 15.9 Å². The first-order valence-electron chi connectivity index (χ1n) is 9.73. The smallest absolute Gasteiger partial charge is 0.242 e. The second kappa shape index (κ2) is 10.7. The van der Waals surface area contributed by atoms with Gasteiger partial charge in [-0.25, -0.2) is 8.42 Å². The number of sulfonamides is 1. The number of carbonyl (C=O) groups excluding carboxylic acids is 1. The second-order valence-corrected chi connectivity index (χ2v) is 10.2. The van der Waals surface area contributed by atoms with Crippen molar-refractivity contribution >= 4 is 50.7 Å². The number of carbonyl (C=O) groups is 1. The summed E-state index contributed by atoms with van der Waals surface area (Å²) >= 11 is 18.0. The highest BCUT2D eigenvalue weighted by Gasteiger charge is 2.28. The normalized spacial score (nSPS) is 13.4. The average molecular weight is 512 g/mol. The third-order valence-corrected chi connectivity index (χ3v) is 7.25. The van der Waals surface area contributed by atoms with Crippen molar-refractivity contribution in [2.75, 3.05) is 0 Å². The topological polar surface area (TPSA) is 75.3 Å². The van der Waals surface area contributed by atoms with Gasteiger partial charge in [-0.05, 0) is 54.8 Å². The van der Waals surface area contributed by atoms with Gasteiger partial charge in [0, 0.05) is 10.0 Å². The molecule has 168 valence electrons. The van der Waals surface area contributed by atoms with Crippen molar-refractivity contribution in [1.82, 2.24) is 10.0 Å². The molecule has 0 heterocycles. The molecular formula is C23H21Cl3N2O3S. The molecule has 3 aromatic carbocycles. The van der Waals surface area contributed by atoms with Crippen LogP contribution in [-0.2, 0) is 21.2 Å². The largest absolute Gasteiger partial charge is 0.348 e. The molecule has 2 atom stereocenters. The molecule has 2 N–H and O–H groups in total. The Hall–Kier alpha value is -2.09. The van der Waals surface area contributed by atoms with E-state index in [1.54, 1.807) is 24.3 Å². The zero-order valence-corrected chi connectivity index (χ0v) is 20.1. The van der Waals surface area contributed by atoms with Crippen molar-refractivity contribution in [2.45, 2.75) is 30.3 Å². The van der Waals surface area contributed by atoms with E-state index >= 15 is 0 Å². The number of hydrogen-bond acceptors (Lipinski definition) is 3. The maximum Gasteiger partial charge on any atom is 0.242 e. The molecule has 0 spiro atoms. The SMILES string of the molecule is C[C@@H](NC(=O)[C@@H](Cc1ccccc1)NS(=O)(=O)c1cc(Cl)ccc1Cl)c1ccc(Cl)cc1. The molecule has 0 fully saturated rings. The van der Waals surface area contributed by atoms with Crippen molar-refractivity contribution in [3.05, 3.63) is 99.0 Å². The average Bonchev–Trinajstić information content (AvgIpc) is 2.76. The third-order valence-electron chi connectivity index (χ3n) is 4.81. The van der Waals surface area contributed by atoms with E-state index in [0.29, 0.717) is 5.02 Å². The van der Waals surface area contributed by atoms with Crippen LogP contribution < -0.4 is 10.0 Å². The maximum atomic E-state index is 13.1. The van der Waals surface area contributed by atoms with E-state index in [9.17, 15) is 13.2 Å². The summed E-state index contributed by atoms with van der Waals surface area (Å²) in [6.07, 6.45) is 0.150. The molecule has 1 amide bonds. The lowest BCUT2D eigenvalue weighted by atomic mass is 10.0. The van der Waals surface area contributed by atoms with E-state index in [0.717, 1.165) is 11.1 Å². The monoisotopic (exact) mass is 510 g/mol. The molecule has 0 aromatic heterocycles. The van der Waals surface area contributed by atoms with Crippen LogP contribution in [0.4, 0.5) is 0 Å². The van der Waals surface area contributed by atoms with Gasteiger partial charge in [-0.15, -0.1) is 0 Å². The van der Waals surface area contributed by atoms with E-state index < -0.39 is 22.0 Å². The Morgan fingerprint density at radius 2 is 1.53 bits per heavy atom. The maximum absolute atomic E-state index is 13.1. The zero-order valence-electron chi connectivity index (χ0n) is 17.1. The van der Waals surface area contributed by atoms with Crippen LogP contribution in [0, 0.1) is 0 Å². The van der Waals surface area contributed by atoms with Gasteiger partial charge in [0.25, 0.3) is 0 Å². The van der Waals surface area contributed by atoms with Gasteiger partial charge < -0.3 is 5.32 Å². The molecule has 9 heteroatoms. The zero-order chi connectivity index (χ0) is 23.3. The summed E-state index contributed by atoms with van der Waals surface area (Å²) in [7, 11) is -4.13. The molecule has 0 aliphatic heterocycles. The summed E-state index contributed by atoms with van der Waals surface area (Å²) in [5.41, 5.74) is 1.63. The predicted molar refractivity (Wildman–Crippen MR) is 129 cm³/mol. The van der Waals surface area contributed by atoms with Gasteiger partial charge in [-0.1, -0.05) is 77.3 Å². The Kier molecular flexibility index (Phi) is 8.20. The molecule has 0 unspecified atom stereocenters. The number of benzene rings is 3. The van der Waals surface area contributed by atoms with E-state index in [2.05, 4.69) is 10.0 Å². The van der Waals surface area contributed by atoms with Crippen LogP contribution >= 0.6 is 34.8 Å². The van der Waals surface area contributed by atoms with Crippen LogP contribution in [-0.4, -0.2) is 20.4 Å². The fraction of sp³-hybridized carbons (Fsp3) is 0.174. The quantitative estimate of drug-likeness (QED) is 0.424. The summed E-state index contributed by atoms with van der Waals surface area (Å²) < 4.78 is 28.6. The lowest BCUT2D eigenvalue weighted by Gasteiger charge is -2.22. The molecule has 5 nitrogen and oxygen atoms in total.